The molecule has 1 heterocycles. The number of rotatable bonds is 4. The van der Waals surface area contributed by atoms with Crippen molar-refractivity contribution in [3.63, 3.8) is 0 Å². The molecule has 12 heavy (non-hydrogen) atoms. The summed E-state index contributed by atoms with van der Waals surface area (Å²) in [6.45, 7) is 4.32. The van der Waals surface area contributed by atoms with Crippen LogP contribution in [0.3, 0.4) is 0 Å². The number of alkyl halides is 1. The van der Waals surface area contributed by atoms with Gasteiger partial charge in [-0.3, -0.25) is 0 Å². The fraction of sp³-hybridized carbons (Fsp3) is 0.667. The zero-order valence-electron chi connectivity index (χ0n) is 7.51. The van der Waals surface area contributed by atoms with Crippen LogP contribution >= 0.6 is 27.3 Å². The first-order valence-electron chi connectivity index (χ1n) is 4.19. The molecule has 0 aliphatic heterocycles. The highest BCUT2D eigenvalue weighted by Gasteiger charge is 2.02. The highest BCUT2D eigenvalue weighted by Crippen LogP contribution is 2.13. The smallest absolute Gasteiger partial charge is 0.0897 e. The van der Waals surface area contributed by atoms with Gasteiger partial charge >= 0.3 is 0 Å². The maximum absolute atomic E-state index is 4.42. The molecule has 0 N–H and O–H groups in total. The third-order valence-corrected chi connectivity index (χ3v) is 3.75. The van der Waals surface area contributed by atoms with E-state index in [1.54, 1.807) is 11.3 Å². The molecule has 1 aromatic heterocycles. The van der Waals surface area contributed by atoms with Crippen LogP contribution in [0.4, 0.5) is 0 Å². The SMILES string of the molecule is Cc1nc(CCC(C)CBr)cs1. The molecule has 0 saturated heterocycles. The van der Waals surface area contributed by atoms with Gasteiger partial charge in [0.25, 0.3) is 0 Å². The maximum atomic E-state index is 4.42. The molecule has 1 rings (SSSR count). The summed E-state index contributed by atoms with van der Waals surface area (Å²) in [7, 11) is 0. The molecule has 0 bridgehead atoms. The molecule has 3 heteroatoms. The van der Waals surface area contributed by atoms with Gasteiger partial charge in [-0.1, -0.05) is 22.9 Å². The van der Waals surface area contributed by atoms with Gasteiger partial charge in [0.1, 0.15) is 0 Å². The number of hydrogen-bond donors (Lipinski definition) is 0. The Labute approximate surface area is 86.3 Å². The Bertz CT molecular complexity index is 234. The summed E-state index contributed by atoms with van der Waals surface area (Å²) >= 11 is 5.22. The van der Waals surface area contributed by atoms with Crippen LogP contribution in [0.2, 0.25) is 0 Å². The predicted octanol–water partition coefficient (Wildman–Crippen LogP) is 3.42. The molecular formula is C9H14BrNS. The summed E-state index contributed by atoms with van der Waals surface area (Å²) < 4.78 is 0. The molecule has 68 valence electrons. The second-order valence-electron chi connectivity index (χ2n) is 3.16. The Morgan fingerprint density at radius 3 is 2.92 bits per heavy atom. The average Bonchev–Trinajstić information content (AvgIpc) is 2.47. The van der Waals surface area contributed by atoms with Crippen LogP contribution < -0.4 is 0 Å². The number of halogens is 1. The second kappa shape index (κ2) is 4.97. The molecule has 0 saturated carbocycles. The van der Waals surface area contributed by atoms with Crippen LogP contribution in [-0.2, 0) is 6.42 Å². The lowest BCUT2D eigenvalue weighted by atomic mass is 10.1. The molecule has 1 aromatic rings. The first-order chi connectivity index (χ1) is 5.72. The van der Waals surface area contributed by atoms with Gasteiger partial charge in [-0.2, -0.15) is 0 Å². The largest absolute Gasteiger partial charge is 0.247 e. The minimum Gasteiger partial charge on any atom is -0.247 e. The van der Waals surface area contributed by atoms with Crippen molar-refractivity contribution < 1.29 is 0 Å². The van der Waals surface area contributed by atoms with Gasteiger partial charge in [-0.25, -0.2) is 4.98 Å². The van der Waals surface area contributed by atoms with E-state index in [-0.39, 0.29) is 0 Å². The van der Waals surface area contributed by atoms with Crippen molar-refractivity contribution in [1.29, 1.82) is 0 Å². The first kappa shape index (κ1) is 10.2. The summed E-state index contributed by atoms with van der Waals surface area (Å²) in [5, 5.41) is 4.43. The van der Waals surface area contributed by atoms with Crippen LogP contribution in [0.1, 0.15) is 24.0 Å². The van der Waals surface area contributed by atoms with Crippen LogP contribution in [0.25, 0.3) is 0 Å². The van der Waals surface area contributed by atoms with E-state index in [1.165, 1.54) is 17.1 Å². The number of aromatic nitrogens is 1. The van der Waals surface area contributed by atoms with Crippen molar-refractivity contribution in [3.05, 3.63) is 16.1 Å². The average molecular weight is 248 g/mol. The predicted molar refractivity (Wildman–Crippen MR) is 58.1 cm³/mol. The molecule has 0 amide bonds. The summed E-state index contributed by atoms with van der Waals surface area (Å²) in [4.78, 5) is 4.42. The maximum Gasteiger partial charge on any atom is 0.0897 e. The normalized spacial score (nSPS) is 13.2. The number of hydrogen-bond acceptors (Lipinski definition) is 2. The van der Waals surface area contributed by atoms with Crippen LogP contribution in [0.15, 0.2) is 5.38 Å². The van der Waals surface area contributed by atoms with Crippen LogP contribution in [0.5, 0.6) is 0 Å². The van der Waals surface area contributed by atoms with E-state index < -0.39 is 0 Å². The summed E-state index contributed by atoms with van der Waals surface area (Å²) in [5.74, 6) is 0.756. The Hall–Kier alpha value is 0.110. The van der Waals surface area contributed by atoms with Crippen molar-refractivity contribution in [2.24, 2.45) is 5.92 Å². The lowest BCUT2D eigenvalue weighted by molar-refractivity contribution is 0.595. The van der Waals surface area contributed by atoms with Crippen molar-refractivity contribution >= 4 is 27.3 Å². The topological polar surface area (TPSA) is 12.9 Å². The fourth-order valence-electron chi connectivity index (χ4n) is 0.994. The number of thiazole rings is 1. The quantitative estimate of drug-likeness (QED) is 0.744. The molecule has 0 radical (unpaired) electrons. The summed E-state index contributed by atoms with van der Waals surface area (Å²) in [6.07, 6.45) is 2.35. The number of nitrogens with zero attached hydrogens (tertiary/aromatic N) is 1. The summed E-state index contributed by atoms with van der Waals surface area (Å²) in [6, 6.07) is 0. The highest BCUT2D eigenvalue weighted by atomic mass is 79.9. The van der Waals surface area contributed by atoms with E-state index in [2.05, 4.69) is 40.1 Å². The Morgan fingerprint density at radius 2 is 2.42 bits per heavy atom. The van der Waals surface area contributed by atoms with Crippen LogP contribution in [0, 0.1) is 12.8 Å². The fourth-order valence-corrected chi connectivity index (χ4v) is 1.97. The zero-order chi connectivity index (χ0) is 8.97. The third kappa shape index (κ3) is 3.23. The molecule has 0 aliphatic carbocycles. The van der Waals surface area contributed by atoms with Gasteiger partial charge in [0.05, 0.1) is 10.7 Å². The van der Waals surface area contributed by atoms with E-state index in [1.807, 2.05) is 0 Å². The molecule has 1 nitrogen and oxygen atoms in total. The monoisotopic (exact) mass is 247 g/mol. The lowest BCUT2D eigenvalue weighted by Gasteiger charge is -2.04. The molecule has 1 atom stereocenters. The molecule has 1 unspecified atom stereocenters. The molecule has 0 aromatic carbocycles. The second-order valence-corrected chi connectivity index (χ2v) is 4.87. The zero-order valence-corrected chi connectivity index (χ0v) is 9.91. The van der Waals surface area contributed by atoms with E-state index in [0.717, 1.165) is 17.7 Å². The minimum atomic E-state index is 0.756. The van der Waals surface area contributed by atoms with Crippen molar-refractivity contribution in [3.8, 4) is 0 Å². The lowest BCUT2D eigenvalue weighted by Crippen LogP contribution is -1.98. The third-order valence-electron chi connectivity index (χ3n) is 1.82. The van der Waals surface area contributed by atoms with Crippen molar-refractivity contribution in [2.75, 3.05) is 5.33 Å². The van der Waals surface area contributed by atoms with Gasteiger partial charge in [0.2, 0.25) is 0 Å². The summed E-state index contributed by atoms with van der Waals surface area (Å²) in [5.41, 5.74) is 1.25. The standard InChI is InChI=1S/C9H14BrNS/c1-7(5-10)3-4-9-6-12-8(2)11-9/h6-7H,3-5H2,1-2H3. The van der Waals surface area contributed by atoms with Gasteiger partial charge in [0, 0.05) is 10.7 Å². The molecule has 0 fully saturated rings. The highest BCUT2D eigenvalue weighted by molar-refractivity contribution is 9.09. The Balaban J connectivity index is 2.33. The van der Waals surface area contributed by atoms with Gasteiger partial charge in [-0.05, 0) is 25.7 Å². The molecule has 0 aliphatic rings. The molecular weight excluding hydrogens is 234 g/mol. The van der Waals surface area contributed by atoms with E-state index in [4.69, 9.17) is 0 Å². The van der Waals surface area contributed by atoms with E-state index >= 15 is 0 Å². The van der Waals surface area contributed by atoms with E-state index in [9.17, 15) is 0 Å². The van der Waals surface area contributed by atoms with Crippen molar-refractivity contribution in [2.45, 2.75) is 26.7 Å². The van der Waals surface area contributed by atoms with Crippen LogP contribution in [-0.4, -0.2) is 10.3 Å². The number of aryl methyl sites for hydroxylation is 2. The van der Waals surface area contributed by atoms with Crippen molar-refractivity contribution in [1.82, 2.24) is 4.98 Å². The minimum absolute atomic E-state index is 0.756. The van der Waals surface area contributed by atoms with Gasteiger partial charge in [-0.15, -0.1) is 11.3 Å². The Kier molecular flexibility index (Phi) is 4.22. The van der Waals surface area contributed by atoms with Gasteiger partial charge in [0.15, 0.2) is 0 Å². The first-order valence-corrected chi connectivity index (χ1v) is 6.19. The van der Waals surface area contributed by atoms with Gasteiger partial charge < -0.3 is 0 Å². The Morgan fingerprint density at radius 1 is 1.67 bits per heavy atom. The molecule has 0 spiro atoms. The van der Waals surface area contributed by atoms with E-state index in [0.29, 0.717) is 0 Å².